The second-order valence-corrected chi connectivity index (χ2v) is 5.28. The van der Waals surface area contributed by atoms with Crippen molar-refractivity contribution in [2.75, 3.05) is 13.1 Å². The Hall–Kier alpha value is -0.350. The van der Waals surface area contributed by atoms with Gasteiger partial charge in [-0.25, -0.2) is 4.98 Å². The smallest absolute Gasteiger partial charge is 0.135 e. The highest BCUT2D eigenvalue weighted by Crippen LogP contribution is 2.20. The minimum atomic E-state index is 0.262. The molecule has 1 aromatic heterocycles. The summed E-state index contributed by atoms with van der Waals surface area (Å²) in [6, 6.07) is 3.71. The molecule has 1 aliphatic heterocycles. The average molecular weight is 275 g/mol. The van der Waals surface area contributed by atoms with E-state index in [4.69, 9.17) is 27.9 Å². The first-order valence-corrected chi connectivity index (χ1v) is 6.49. The van der Waals surface area contributed by atoms with Crippen LogP contribution in [0.5, 0.6) is 0 Å². The number of halogens is 2. The molecule has 2 rings (SSSR count). The molecule has 0 bridgehead atoms. The summed E-state index contributed by atoms with van der Waals surface area (Å²) in [6.45, 7) is 6.81. The predicted molar refractivity (Wildman–Crippen MR) is 69.5 cm³/mol. The third-order valence-corrected chi connectivity index (χ3v) is 3.32. The molecule has 0 amide bonds. The Balaban J connectivity index is 2.04. The predicted octanol–water partition coefficient (Wildman–Crippen LogP) is 3.00. The average Bonchev–Trinajstić information content (AvgIpc) is 2.21. The molecule has 0 saturated carbocycles. The maximum atomic E-state index is 6.07. The van der Waals surface area contributed by atoms with E-state index in [2.05, 4.69) is 23.7 Å². The van der Waals surface area contributed by atoms with Crippen molar-refractivity contribution < 1.29 is 4.74 Å². The van der Waals surface area contributed by atoms with Gasteiger partial charge in [-0.15, -0.1) is 0 Å². The van der Waals surface area contributed by atoms with E-state index < -0.39 is 0 Å². The molecule has 17 heavy (non-hydrogen) atoms. The van der Waals surface area contributed by atoms with Gasteiger partial charge in [-0.3, -0.25) is 4.90 Å². The first-order valence-electron chi connectivity index (χ1n) is 5.73. The molecule has 2 atom stereocenters. The van der Waals surface area contributed by atoms with Gasteiger partial charge in [0.25, 0.3) is 0 Å². The second-order valence-electron chi connectivity index (χ2n) is 4.54. The number of rotatable bonds is 2. The molecule has 0 N–H and O–H groups in total. The van der Waals surface area contributed by atoms with E-state index in [1.807, 2.05) is 6.07 Å². The van der Waals surface area contributed by atoms with E-state index in [9.17, 15) is 0 Å². The van der Waals surface area contributed by atoms with Gasteiger partial charge >= 0.3 is 0 Å². The molecule has 94 valence electrons. The zero-order valence-corrected chi connectivity index (χ0v) is 11.5. The monoisotopic (exact) mass is 274 g/mol. The van der Waals surface area contributed by atoms with E-state index in [1.54, 1.807) is 6.07 Å². The summed E-state index contributed by atoms with van der Waals surface area (Å²) in [6.07, 6.45) is 0.524. The van der Waals surface area contributed by atoms with E-state index in [0.717, 1.165) is 25.2 Å². The van der Waals surface area contributed by atoms with Crippen LogP contribution in [0.15, 0.2) is 12.1 Å². The Kier molecular flexibility index (Phi) is 4.26. The Morgan fingerprint density at radius 1 is 1.29 bits per heavy atom. The molecular formula is C12H16Cl2N2O. The van der Waals surface area contributed by atoms with Crippen molar-refractivity contribution in [3.8, 4) is 0 Å². The molecular weight excluding hydrogens is 259 g/mol. The first kappa shape index (κ1) is 13.1. The fourth-order valence-electron chi connectivity index (χ4n) is 2.21. The van der Waals surface area contributed by atoms with Crippen molar-refractivity contribution >= 4 is 23.2 Å². The molecule has 0 aromatic carbocycles. The van der Waals surface area contributed by atoms with Crippen LogP contribution < -0.4 is 0 Å². The van der Waals surface area contributed by atoms with Gasteiger partial charge in [-0.05, 0) is 19.9 Å². The zero-order valence-electron chi connectivity index (χ0n) is 9.99. The molecule has 0 spiro atoms. The molecule has 1 saturated heterocycles. The Morgan fingerprint density at radius 3 is 2.53 bits per heavy atom. The molecule has 3 nitrogen and oxygen atoms in total. The largest absolute Gasteiger partial charge is 0.373 e. The maximum absolute atomic E-state index is 6.07. The summed E-state index contributed by atoms with van der Waals surface area (Å²) in [5, 5.41) is 0.923. The van der Waals surface area contributed by atoms with Crippen LogP contribution in [0.2, 0.25) is 10.3 Å². The van der Waals surface area contributed by atoms with Gasteiger partial charge in [0.05, 0.1) is 12.2 Å². The molecule has 0 radical (unpaired) electrons. The number of morpholine rings is 1. The third-order valence-electron chi connectivity index (χ3n) is 2.78. The lowest BCUT2D eigenvalue weighted by Crippen LogP contribution is -2.44. The van der Waals surface area contributed by atoms with E-state index in [1.165, 1.54) is 0 Å². The zero-order chi connectivity index (χ0) is 12.4. The van der Waals surface area contributed by atoms with Gasteiger partial charge in [-0.2, -0.15) is 0 Å². The summed E-state index contributed by atoms with van der Waals surface area (Å²) in [5.41, 5.74) is 1.01. The normalized spacial score (nSPS) is 26.1. The minimum absolute atomic E-state index is 0.262. The molecule has 0 aliphatic carbocycles. The van der Waals surface area contributed by atoms with Gasteiger partial charge in [0, 0.05) is 25.2 Å². The van der Waals surface area contributed by atoms with Gasteiger partial charge in [0.15, 0.2) is 0 Å². The number of aromatic nitrogens is 1. The van der Waals surface area contributed by atoms with Crippen molar-refractivity contribution in [2.24, 2.45) is 0 Å². The Bertz CT molecular complexity index is 390. The van der Waals surface area contributed by atoms with Crippen LogP contribution in [0.4, 0.5) is 0 Å². The summed E-state index contributed by atoms with van der Waals surface area (Å²) < 4.78 is 5.69. The van der Waals surface area contributed by atoms with Crippen LogP contribution in [-0.4, -0.2) is 35.2 Å². The van der Waals surface area contributed by atoms with Crippen molar-refractivity contribution in [3.05, 3.63) is 28.0 Å². The molecule has 1 aliphatic rings. The number of pyridine rings is 1. The first-order chi connectivity index (χ1) is 8.04. The van der Waals surface area contributed by atoms with Gasteiger partial charge in [0.1, 0.15) is 10.3 Å². The van der Waals surface area contributed by atoms with Crippen molar-refractivity contribution in [2.45, 2.75) is 32.6 Å². The van der Waals surface area contributed by atoms with E-state index in [-0.39, 0.29) is 12.2 Å². The summed E-state index contributed by atoms with van der Waals surface area (Å²) in [4.78, 5) is 6.38. The highest BCUT2D eigenvalue weighted by Gasteiger charge is 2.22. The second kappa shape index (κ2) is 5.53. The van der Waals surface area contributed by atoms with E-state index >= 15 is 0 Å². The highest BCUT2D eigenvalue weighted by atomic mass is 35.5. The lowest BCUT2D eigenvalue weighted by Gasteiger charge is -2.35. The van der Waals surface area contributed by atoms with Crippen LogP contribution >= 0.6 is 23.2 Å². The highest BCUT2D eigenvalue weighted by molar-refractivity contribution is 6.32. The van der Waals surface area contributed by atoms with Gasteiger partial charge in [0.2, 0.25) is 0 Å². The van der Waals surface area contributed by atoms with Crippen LogP contribution in [0.3, 0.4) is 0 Å². The molecule has 2 heterocycles. The van der Waals surface area contributed by atoms with Crippen LogP contribution in [-0.2, 0) is 11.3 Å². The Labute approximate surface area is 112 Å². The molecule has 1 fully saturated rings. The molecule has 5 heteroatoms. The lowest BCUT2D eigenvalue weighted by atomic mass is 10.2. The SMILES string of the molecule is CC1CN(Cc2ccc(Cl)nc2Cl)CC(C)O1. The quantitative estimate of drug-likeness (QED) is 0.776. The Morgan fingerprint density at radius 2 is 1.94 bits per heavy atom. The fraction of sp³-hybridized carbons (Fsp3) is 0.583. The number of hydrogen-bond donors (Lipinski definition) is 0. The number of hydrogen-bond acceptors (Lipinski definition) is 3. The summed E-state index contributed by atoms with van der Waals surface area (Å²) in [5.74, 6) is 0. The summed E-state index contributed by atoms with van der Waals surface area (Å²) >= 11 is 11.8. The topological polar surface area (TPSA) is 25.4 Å². The number of nitrogens with zero attached hydrogens (tertiary/aromatic N) is 2. The number of ether oxygens (including phenoxy) is 1. The molecule has 2 unspecified atom stereocenters. The van der Waals surface area contributed by atoms with Crippen molar-refractivity contribution in [1.29, 1.82) is 0 Å². The maximum Gasteiger partial charge on any atom is 0.135 e. The van der Waals surface area contributed by atoms with Crippen molar-refractivity contribution in [3.63, 3.8) is 0 Å². The van der Waals surface area contributed by atoms with Crippen molar-refractivity contribution in [1.82, 2.24) is 9.88 Å². The van der Waals surface area contributed by atoms with Gasteiger partial charge < -0.3 is 4.74 Å². The standard InChI is InChI=1S/C12H16Cl2N2O/c1-8-5-16(6-9(2)17-8)7-10-3-4-11(13)15-12(10)14/h3-4,8-9H,5-7H2,1-2H3. The summed E-state index contributed by atoms with van der Waals surface area (Å²) in [7, 11) is 0. The third kappa shape index (κ3) is 3.55. The molecule has 1 aromatic rings. The fourth-order valence-corrected chi connectivity index (χ4v) is 2.62. The van der Waals surface area contributed by atoms with Gasteiger partial charge in [-0.1, -0.05) is 29.3 Å². The van der Waals surface area contributed by atoms with Crippen LogP contribution in [0, 0.1) is 0 Å². The van der Waals surface area contributed by atoms with E-state index in [0.29, 0.717) is 10.3 Å². The van der Waals surface area contributed by atoms with Crippen LogP contribution in [0.25, 0.3) is 0 Å². The van der Waals surface area contributed by atoms with Crippen LogP contribution in [0.1, 0.15) is 19.4 Å². The lowest BCUT2D eigenvalue weighted by molar-refractivity contribution is -0.0705. The minimum Gasteiger partial charge on any atom is -0.373 e.